The Balaban J connectivity index is 1.60. The highest BCUT2D eigenvalue weighted by Crippen LogP contribution is 2.15. The maximum absolute atomic E-state index is 12.6. The van der Waals surface area contributed by atoms with E-state index in [0.717, 1.165) is 5.69 Å². The smallest absolute Gasteiger partial charge is 0.255 e. The fourth-order valence-electron chi connectivity index (χ4n) is 2.84. The predicted octanol–water partition coefficient (Wildman–Crippen LogP) is 1.68. The lowest BCUT2D eigenvalue weighted by Crippen LogP contribution is -2.50. The van der Waals surface area contributed by atoms with Crippen LogP contribution in [0, 0.1) is 0 Å². The maximum Gasteiger partial charge on any atom is 0.255 e. The monoisotopic (exact) mass is 326 g/mol. The Hall–Kier alpha value is -2.76. The predicted molar refractivity (Wildman–Crippen MR) is 93.4 cm³/mol. The van der Waals surface area contributed by atoms with E-state index < -0.39 is 0 Å². The van der Waals surface area contributed by atoms with Gasteiger partial charge in [-0.1, -0.05) is 0 Å². The number of H-pyrrole nitrogens is 1. The van der Waals surface area contributed by atoms with Crippen molar-refractivity contribution in [2.75, 3.05) is 45.2 Å². The number of aromatic amines is 1. The van der Waals surface area contributed by atoms with Crippen molar-refractivity contribution in [1.82, 2.24) is 14.8 Å². The van der Waals surface area contributed by atoms with Gasteiger partial charge in [-0.05, 0) is 30.3 Å². The fourth-order valence-corrected chi connectivity index (χ4v) is 2.84. The van der Waals surface area contributed by atoms with Gasteiger partial charge in [0.2, 0.25) is 0 Å². The molecule has 126 valence electrons. The van der Waals surface area contributed by atoms with Crippen molar-refractivity contribution in [3.63, 3.8) is 0 Å². The first-order valence-corrected chi connectivity index (χ1v) is 8.05. The first kappa shape index (κ1) is 16.1. The topological polar surface area (TPSA) is 59.7 Å². The first-order valence-electron chi connectivity index (χ1n) is 8.05. The van der Waals surface area contributed by atoms with Gasteiger partial charge in [0.1, 0.15) is 0 Å². The lowest BCUT2D eigenvalue weighted by Gasteiger charge is -2.34. The average Bonchev–Trinajstić information content (AvgIpc) is 3.15. The van der Waals surface area contributed by atoms with E-state index in [4.69, 9.17) is 0 Å². The van der Waals surface area contributed by atoms with Gasteiger partial charge in [-0.2, -0.15) is 0 Å². The molecule has 1 fully saturated rings. The molecule has 2 aromatic rings. The molecule has 3 rings (SSSR count). The number of benzene rings is 1. The highest BCUT2D eigenvalue weighted by Gasteiger charge is 2.25. The van der Waals surface area contributed by atoms with Gasteiger partial charge in [0, 0.05) is 63.9 Å². The molecular weight excluding hydrogens is 304 g/mol. The molecule has 1 aromatic heterocycles. The zero-order chi connectivity index (χ0) is 17.1. The number of nitrogens with one attached hydrogen (secondary N) is 1. The molecule has 2 amide bonds. The molecule has 0 spiro atoms. The Morgan fingerprint density at radius 1 is 0.875 bits per heavy atom. The Kier molecular flexibility index (Phi) is 4.55. The minimum Gasteiger partial charge on any atom is -0.378 e. The number of aromatic nitrogens is 1. The summed E-state index contributed by atoms with van der Waals surface area (Å²) in [4.78, 5) is 33.4. The van der Waals surface area contributed by atoms with E-state index in [1.54, 1.807) is 23.4 Å². The second kappa shape index (κ2) is 6.78. The van der Waals surface area contributed by atoms with Gasteiger partial charge in [0.15, 0.2) is 0 Å². The van der Waals surface area contributed by atoms with Crippen LogP contribution in [-0.2, 0) is 0 Å². The van der Waals surface area contributed by atoms with Gasteiger partial charge in [0.05, 0.1) is 5.56 Å². The van der Waals surface area contributed by atoms with E-state index in [1.165, 1.54) is 0 Å². The summed E-state index contributed by atoms with van der Waals surface area (Å²) in [5.41, 5.74) is 2.41. The van der Waals surface area contributed by atoms with Crippen molar-refractivity contribution in [1.29, 1.82) is 0 Å². The van der Waals surface area contributed by atoms with Crippen LogP contribution in [0.5, 0.6) is 0 Å². The van der Waals surface area contributed by atoms with Gasteiger partial charge in [-0.15, -0.1) is 0 Å². The van der Waals surface area contributed by atoms with Crippen molar-refractivity contribution in [2.45, 2.75) is 0 Å². The van der Waals surface area contributed by atoms with Crippen LogP contribution in [-0.4, -0.2) is 66.9 Å². The minimum absolute atomic E-state index is 0.0127. The molecule has 1 aromatic carbocycles. The highest BCUT2D eigenvalue weighted by molar-refractivity contribution is 5.96. The van der Waals surface area contributed by atoms with E-state index in [0.29, 0.717) is 37.3 Å². The molecule has 0 bridgehead atoms. The minimum atomic E-state index is 0.0127. The van der Waals surface area contributed by atoms with Crippen LogP contribution < -0.4 is 4.90 Å². The summed E-state index contributed by atoms with van der Waals surface area (Å²) in [6.45, 7) is 2.24. The Bertz CT molecular complexity index is 699. The summed E-state index contributed by atoms with van der Waals surface area (Å²) in [5.74, 6) is 0.0349. The van der Waals surface area contributed by atoms with Crippen molar-refractivity contribution < 1.29 is 9.59 Å². The van der Waals surface area contributed by atoms with Crippen molar-refractivity contribution in [2.24, 2.45) is 0 Å². The number of amides is 2. The second-order valence-corrected chi connectivity index (χ2v) is 6.13. The molecule has 24 heavy (non-hydrogen) atoms. The second-order valence-electron chi connectivity index (χ2n) is 6.13. The Labute approximate surface area is 141 Å². The van der Waals surface area contributed by atoms with Gasteiger partial charge >= 0.3 is 0 Å². The van der Waals surface area contributed by atoms with Crippen LogP contribution in [0.25, 0.3) is 0 Å². The Morgan fingerprint density at radius 3 is 1.88 bits per heavy atom. The average molecular weight is 326 g/mol. The fraction of sp³-hybridized carbons (Fsp3) is 0.333. The largest absolute Gasteiger partial charge is 0.378 e. The summed E-state index contributed by atoms with van der Waals surface area (Å²) in [6, 6.07) is 9.37. The summed E-state index contributed by atoms with van der Waals surface area (Å²) in [6.07, 6.45) is 3.44. The molecular formula is C18H22N4O2. The molecule has 1 saturated heterocycles. The number of carbonyl (C=O) groups is 2. The number of hydrogen-bond donors (Lipinski definition) is 1. The number of rotatable bonds is 3. The molecule has 0 atom stereocenters. The Morgan fingerprint density at radius 2 is 1.42 bits per heavy atom. The molecule has 1 aliphatic heterocycles. The van der Waals surface area contributed by atoms with E-state index in [-0.39, 0.29) is 11.8 Å². The molecule has 0 radical (unpaired) electrons. The lowest BCUT2D eigenvalue weighted by atomic mass is 10.1. The van der Waals surface area contributed by atoms with Gasteiger partial charge in [-0.3, -0.25) is 9.59 Å². The van der Waals surface area contributed by atoms with Gasteiger partial charge < -0.3 is 19.7 Å². The third kappa shape index (κ3) is 3.27. The summed E-state index contributed by atoms with van der Waals surface area (Å²) >= 11 is 0. The van der Waals surface area contributed by atoms with Crippen LogP contribution in [0.2, 0.25) is 0 Å². The molecule has 1 N–H and O–H groups in total. The molecule has 1 aliphatic rings. The zero-order valence-electron chi connectivity index (χ0n) is 14.0. The van der Waals surface area contributed by atoms with Crippen LogP contribution >= 0.6 is 0 Å². The zero-order valence-corrected chi connectivity index (χ0v) is 14.0. The number of hydrogen-bond acceptors (Lipinski definition) is 3. The first-order chi connectivity index (χ1) is 11.6. The summed E-state index contributed by atoms with van der Waals surface area (Å²) in [5, 5.41) is 0. The highest BCUT2D eigenvalue weighted by atomic mass is 16.2. The van der Waals surface area contributed by atoms with Crippen LogP contribution in [0.4, 0.5) is 5.69 Å². The number of piperazine rings is 1. The van der Waals surface area contributed by atoms with Crippen molar-refractivity contribution >= 4 is 17.5 Å². The van der Waals surface area contributed by atoms with Crippen LogP contribution in [0.1, 0.15) is 20.7 Å². The lowest BCUT2D eigenvalue weighted by molar-refractivity contribution is 0.0535. The third-order valence-electron chi connectivity index (χ3n) is 4.33. The SMILES string of the molecule is CN(C)c1ccc(C(=O)N2CCN(C(=O)c3cc[nH]c3)CC2)cc1. The quantitative estimate of drug-likeness (QED) is 0.933. The standard InChI is InChI=1S/C18H22N4O2/c1-20(2)16-5-3-14(4-6-16)17(23)21-9-11-22(12-10-21)18(24)15-7-8-19-13-15/h3-8,13,19H,9-12H2,1-2H3. The van der Waals surface area contributed by atoms with Crippen LogP contribution in [0.3, 0.4) is 0 Å². The molecule has 0 aliphatic carbocycles. The van der Waals surface area contributed by atoms with Crippen molar-refractivity contribution in [3.05, 3.63) is 53.9 Å². The van der Waals surface area contributed by atoms with E-state index in [1.807, 2.05) is 48.2 Å². The van der Waals surface area contributed by atoms with E-state index in [9.17, 15) is 9.59 Å². The van der Waals surface area contributed by atoms with Crippen LogP contribution in [0.15, 0.2) is 42.7 Å². The van der Waals surface area contributed by atoms with Gasteiger partial charge in [0.25, 0.3) is 11.8 Å². The van der Waals surface area contributed by atoms with E-state index in [2.05, 4.69) is 4.98 Å². The number of carbonyl (C=O) groups excluding carboxylic acids is 2. The molecule has 2 heterocycles. The summed E-state index contributed by atoms with van der Waals surface area (Å²) in [7, 11) is 3.94. The maximum atomic E-state index is 12.6. The third-order valence-corrected chi connectivity index (χ3v) is 4.33. The number of nitrogens with zero attached hydrogens (tertiary/aromatic N) is 3. The molecule has 6 nitrogen and oxygen atoms in total. The molecule has 0 saturated carbocycles. The summed E-state index contributed by atoms with van der Waals surface area (Å²) < 4.78 is 0. The molecule has 0 unspecified atom stereocenters. The van der Waals surface area contributed by atoms with E-state index >= 15 is 0 Å². The molecule has 6 heteroatoms. The van der Waals surface area contributed by atoms with Gasteiger partial charge in [-0.25, -0.2) is 0 Å². The normalized spacial score (nSPS) is 14.6. The number of anilines is 1. The van der Waals surface area contributed by atoms with Crippen molar-refractivity contribution in [3.8, 4) is 0 Å².